The lowest BCUT2D eigenvalue weighted by molar-refractivity contribution is 0.103. The summed E-state index contributed by atoms with van der Waals surface area (Å²) < 4.78 is 12.4. The second-order valence-electron chi connectivity index (χ2n) is 5.06. The number of nitrogens with one attached hydrogen (secondary N) is 1. The molecule has 1 aromatic carbocycles. The molecule has 0 atom stereocenters. The van der Waals surface area contributed by atoms with Crippen LogP contribution in [0.2, 0.25) is 0 Å². The molecule has 1 aliphatic rings. The van der Waals surface area contributed by atoms with Gasteiger partial charge in [0, 0.05) is 24.2 Å². The number of hydrogen-bond donors (Lipinski definition) is 1. The van der Waals surface area contributed by atoms with Crippen LogP contribution in [-0.4, -0.2) is 22.5 Å². The van der Waals surface area contributed by atoms with Crippen molar-refractivity contribution in [2.45, 2.75) is 6.92 Å². The fourth-order valence-corrected chi connectivity index (χ4v) is 3.50. The van der Waals surface area contributed by atoms with Crippen LogP contribution in [0.15, 0.2) is 24.3 Å². The molecule has 3 heterocycles. The number of anilines is 1. The predicted octanol–water partition coefficient (Wildman–Crippen LogP) is 2.92. The van der Waals surface area contributed by atoms with Gasteiger partial charge in [0.25, 0.3) is 5.91 Å². The van der Waals surface area contributed by atoms with Gasteiger partial charge >= 0.3 is 0 Å². The first-order valence-corrected chi connectivity index (χ1v) is 7.57. The van der Waals surface area contributed by atoms with Crippen molar-refractivity contribution in [2.24, 2.45) is 7.05 Å². The smallest absolute Gasteiger partial charge is 0.265 e. The summed E-state index contributed by atoms with van der Waals surface area (Å²) in [6.07, 6.45) is 0. The predicted molar refractivity (Wildman–Crippen MR) is 83.8 cm³/mol. The maximum Gasteiger partial charge on any atom is 0.265 e. The van der Waals surface area contributed by atoms with Crippen LogP contribution in [0.4, 0.5) is 5.69 Å². The highest BCUT2D eigenvalue weighted by molar-refractivity contribution is 7.20. The minimum absolute atomic E-state index is 0.139. The zero-order valence-electron chi connectivity index (χ0n) is 12.0. The molecule has 0 spiro atoms. The van der Waals surface area contributed by atoms with E-state index in [2.05, 4.69) is 10.4 Å². The highest BCUT2D eigenvalue weighted by atomic mass is 32.1. The van der Waals surface area contributed by atoms with E-state index in [4.69, 9.17) is 9.47 Å². The van der Waals surface area contributed by atoms with Crippen molar-refractivity contribution >= 4 is 33.1 Å². The summed E-state index contributed by atoms with van der Waals surface area (Å²) >= 11 is 1.43. The van der Waals surface area contributed by atoms with E-state index in [1.807, 2.05) is 20.0 Å². The maximum atomic E-state index is 12.4. The third-order valence-electron chi connectivity index (χ3n) is 3.55. The summed E-state index contributed by atoms with van der Waals surface area (Å²) in [4.78, 5) is 14.1. The second-order valence-corrected chi connectivity index (χ2v) is 6.09. The summed E-state index contributed by atoms with van der Waals surface area (Å²) in [5, 5.41) is 8.24. The van der Waals surface area contributed by atoms with Crippen molar-refractivity contribution < 1.29 is 14.3 Å². The number of aromatic nitrogens is 2. The summed E-state index contributed by atoms with van der Waals surface area (Å²) in [5.41, 5.74) is 1.61. The van der Waals surface area contributed by atoms with Crippen LogP contribution in [0.25, 0.3) is 10.2 Å². The Bertz CT molecular complexity index is 862. The standard InChI is InChI=1S/C15H13N3O3S/c1-8-10-6-13(22-15(10)18(2)17-8)14(19)16-9-3-4-11-12(5-9)21-7-20-11/h3-6H,7H2,1-2H3,(H,16,19). The second kappa shape index (κ2) is 4.74. The number of amides is 1. The van der Waals surface area contributed by atoms with Gasteiger partial charge in [-0.25, -0.2) is 0 Å². The van der Waals surface area contributed by atoms with Gasteiger partial charge in [-0.15, -0.1) is 11.3 Å². The number of thiophene rings is 1. The van der Waals surface area contributed by atoms with Crippen LogP contribution in [0.3, 0.4) is 0 Å². The SMILES string of the molecule is Cc1nn(C)c2sc(C(=O)Nc3ccc4c(c3)OCO4)cc12. The van der Waals surface area contributed by atoms with Crippen molar-refractivity contribution in [3.63, 3.8) is 0 Å². The highest BCUT2D eigenvalue weighted by Gasteiger charge is 2.17. The lowest BCUT2D eigenvalue weighted by Gasteiger charge is -2.04. The summed E-state index contributed by atoms with van der Waals surface area (Å²) in [6, 6.07) is 7.23. The van der Waals surface area contributed by atoms with Crippen molar-refractivity contribution in [1.82, 2.24) is 9.78 Å². The number of carbonyl (C=O) groups is 1. The topological polar surface area (TPSA) is 65.4 Å². The Hall–Kier alpha value is -2.54. The number of hydrogen-bond acceptors (Lipinski definition) is 5. The first-order valence-electron chi connectivity index (χ1n) is 6.76. The van der Waals surface area contributed by atoms with Gasteiger partial charge < -0.3 is 14.8 Å². The van der Waals surface area contributed by atoms with Crippen LogP contribution in [0, 0.1) is 6.92 Å². The molecular formula is C15H13N3O3S. The summed E-state index contributed by atoms with van der Waals surface area (Å²) in [5.74, 6) is 1.20. The molecule has 0 aliphatic carbocycles. The molecule has 1 aliphatic heterocycles. The molecule has 3 aromatic rings. The largest absolute Gasteiger partial charge is 0.454 e. The Morgan fingerprint density at radius 2 is 2.14 bits per heavy atom. The molecule has 0 saturated carbocycles. The van der Waals surface area contributed by atoms with Gasteiger partial charge in [-0.3, -0.25) is 9.48 Å². The number of fused-ring (bicyclic) bond motifs is 2. The fraction of sp³-hybridized carbons (Fsp3) is 0.200. The first-order chi connectivity index (χ1) is 10.6. The normalized spacial score (nSPS) is 12.8. The van der Waals surface area contributed by atoms with Crippen LogP contribution >= 0.6 is 11.3 Å². The molecule has 0 saturated heterocycles. The monoisotopic (exact) mass is 315 g/mol. The molecular weight excluding hydrogens is 302 g/mol. The van der Waals surface area contributed by atoms with Gasteiger partial charge in [0.15, 0.2) is 11.5 Å². The molecule has 7 heteroatoms. The molecule has 0 radical (unpaired) electrons. The number of benzene rings is 1. The van der Waals surface area contributed by atoms with E-state index in [-0.39, 0.29) is 12.7 Å². The van der Waals surface area contributed by atoms with Crippen LogP contribution in [0.5, 0.6) is 11.5 Å². The number of ether oxygens (including phenoxy) is 2. The average Bonchev–Trinajstić information content (AvgIpc) is 3.17. The molecule has 22 heavy (non-hydrogen) atoms. The number of aryl methyl sites for hydroxylation is 2. The van der Waals surface area contributed by atoms with Gasteiger partial charge in [0.05, 0.1) is 10.6 Å². The Balaban J connectivity index is 1.62. The summed E-state index contributed by atoms with van der Waals surface area (Å²) in [6.45, 7) is 2.16. The van der Waals surface area contributed by atoms with E-state index < -0.39 is 0 Å². The van der Waals surface area contributed by atoms with Crippen molar-refractivity contribution in [3.05, 3.63) is 34.8 Å². The molecule has 0 unspecified atom stereocenters. The van der Waals surface area contributed by atoms with E-state index in [1.54, 1.807) is 22.9 Å². The molecule has 4 rings (SSSR count). The van der Waals surface area contributed by atoms with Crippen LogP contribution < -0.4 is 14.8 Å². The lowest BCUT2D eigenvalue weighted by atomic mass is 10.2. The molecule has 112 valence electrons. The zero-order chi connectivity index (χ0) is 15.3. The van der Waals surface area contributed by atoms with Crippen molar-refractivity contribution in [3.8, 4) is 11.5 Å². The van der Waals surface area contributed by atoms with E-state index in [0.717, 1.165) is 15.9 Å². The number of rotatable bonds is 2. The minimum atomic E-state index is -0.139. The third kappa shape index (κ3) is 2.01. The fourth-order valence-electron chi connectivity index (χ4n) is 2.48. The summed E-state index contributed by atoms with van der Waals surface area (Å²) in [7, 11) is 1.88. The Morgan fingerprint density at radius 1 is 1.32 bits per heavy atom. The van der Waals surface area contributed by atoms with Gasteiger partial charge in [-0.2, -0.15) is 5.10 Å². The molecule has 6 nitrogen and oxygen atoms in total. The third-order valence-corrected chi connectivity index (χ3v) is 4.75. The van der Waals surface area contributed by atoms with Gasteiger partial charge in [-0.1, -0.05) is 0 Å². The number of nitrogens with zero attached hydrogens (tertiary/aromatic N) is 2. The van der Waals surface area contributed by atoms with E-state index >= 15 is 0 Å². The Kier molecular flexibility index (Phi) is 2.83. The van der Waals surface area contributed by atoms with Gasteiger partial charge in [-0.05, 0) is 25.1 Å². The Morgan fingerprint density at radius 3 is 2.95 bits per heavy atom. The van der Waals surface area contributed by atoms with Crippen LogP contribution in [0.1, 0.15) is 15.4 Å². The van der Waals surface area contributed by atoms with Crippen LogP contribution in [-0.2, 0) is 7.05 Å². The van der Waals surface area contributed by atoms with Gasteiger partial charge in [0.1, 0.15) is 4.83 Å². The van der Waals surface area contributed by atoms with Crippen molar-refractivity contribution in [1.29, 1.82) is 0 Å². The lowest BCUT2D eigenvalue weighted by Crippen LogP contribution is -2.10. The minimum Gasteiger partial charge on any atom is -0.454 e. The maximum absolute atomic E-state index is 12.4. The Labute approximate surface area is 130 Å². The van der Waals surface area contributed by atoms with Gasteiger partial charge in [0.2, 0.25) is 6.79 Å². The molecule has 1 amide bonds. The average molecular weight is 315 g/mol. The molecule has 2 aromatic heterocycles. The van der Waals surface area contributed by atoms with E-state index in [1.165, 1.54) is 11.3 Å². The van der Waals surface area contributed by atoms with Crippen molar-refractivity contribution in [2.75, 3.05) is 12.1 Å². The van der Waals surface area contributed by atoms with E-state index in [9.17, 15) is 4.79 Å². The quantitative estimate of drug-likeness (QED) is 0.789. The highest BCUT2D eigenvalue weighted by Crippen LogP contribution is 2.34. The number of carbonyl (C=O) groups excluding carboxylic acids is 1. The molecule has 0 bridgehead atoms. The zero-order valence-corrected chi connectivity index (χ0v) is 12.9. The van der Waals surface area contributed by atoms with E-state index in [0.29, 0.717) is 22.1 Å². The molecule has 1 N–H and O–H groups in total. The molecule has 0 fully saturated rings. The first kappa shape index (κ1) is 13.1.